The minimum atomic E-state index is -0.588. The molecule has 0 rings (SSSR count). The van der Waals surface area contributed by atoms with Crippen LogP contribution >= 0.6 is 0 Å². The Kier molecular flexibility index (Phi) is 5.17. The lowest BCUT2D eigenvalue weighted by Crippen LogP contribution is -2.05. The maximum atomic E-state index is 11.3. The van der Waals surface area contributed by atoms with Crippen molar-refractivity contribution >= 4 is 5.97 Å². The third kappa shape index (κ3) is 5.27. The van der Waals surface area contributed by atoms with Crippen LogP contribution in [0.15, 0.2) is 0 Å². The summed E-state index contributed by atoms with van der Waals surface area (Å²) in [6.07, 6.45) is 1.14. The molecule has 9 heavy (non-hydrogen) atoms. The Morgan fingerprint density at radius 3 is 2.78 bits per heavy atom. The lowest BCUT2D eigenvalue weighted by molar-refractivity contribution is -0.144. The maximum Gasteiger partial charge on any atom is 0.305 e. The molecule has 2 nitrogen and oxygen atoms in total. The van der Waals surface area contributed by atoms with Gasteiger partial charge in [0.1, 0.15) is 13.3 Å². The summed E-state index contributed by atoms with van der Waals surface area (Å²) in [5, 5.41) is 0. The molecule has 3 heteroatoms. The third-order valence-electron chi connectivity index (χ3n) is 0.794. The zero-order valence-corrected chi connectivity index (χ0v) is 5.52. The summed E-state index contributed by atoms with van der Waals surface area (Å²) in [5.41, 5.74) is 0. The molecule has 0 aromatic carbocycles. The number of ether oxygens (including phenoxy) is 1. The highest BCUT2D eigenvalue weighted by Crippen LogP contribution is 1.90. The molecule has 0 spiro atoms. The summed E-state index contributed by atoms with van der Waals surface area (Å²) >= 11 is 0. The number of hydrogen-bond acceptors (Lipinski definition) is 2. The lowest BCUT2D eigenvalue weighted by atomic mass is 10.3. The highest BCUT2D eigenvalue weighted by Gasteiger charge is 1.97. The van der Waals surface area contributed by atoms with Crippen LogP contribution in [0.4, 0.5) is 4.39 Å². The zero-order valence-electron chi connectivity index (χ0n) is 5.52. The summed E-state index contributed by atoms with van der Waals surface area (Å²) in [5.74, 6) is -0.310. The number of carbonyl (C=O) groups excluding carboxylic acids is 1. The Hall–Kier alpha value is -0.600. The first-order valence-corrected chi connectivity index (χ1v) is 3.02. The van der Waals surface area contributed by atoms with Crippen LogP contribution in [-0.2, 0) is 9.53 Å². The summed E-state index contributed by atoms with van der Waals surface area (Å²) in [6.45, 7) is 1.19. The molecule has 0 aliphatic carbocycles. The minimum absolute atomic E-state index is 0.0984. The summed E-state index contributed by atoms with van der Waals surface area (Å²) in [4.78, 5) is 10.4. The molecule has 0 saturated heterocycles. The Morgan fingerprint density at radius 1 is 1.67 bits per heavy atom. The molecular weight excluding hydrogens is 123 g/mol. The van der Waals surface area contributed by atoms with E-state index in [2.05, 4.69) is 4.74 Å². The van der Waals surface area contributed by atoms with Gasteiger partial charge in [0.2, 0.25) is 0 Å². The monoisotopic (exact) mass is 134 g/mol. The highest BCUT2D eigenvalue weighted by atomic mass is 19.1. The van der Waals surface area contributed by atoms with Crippen LogP contribution in [0.2, 0.25) is 0 Å². The molecule has 0 aliphatic rings. The Bertz CT molecular complexity index is 83.1. The molecule has 0 amide bonds. The van der Waals surface area contributed by atoms with Gasteiger partial charge in [-0.15, -0.1) is 0 Å². The number of hydrogen-bond donors (Lipinski definition) is 0. The maximum absolute atomic E-state index is 11.3. The molecule has 0 aromatic rings. The van der Waals surface area contributed by atoms with Crippen molar-refractivity contribution in [1.29, 1.82) is 0 Å². The van der Waals surface area contributed by atoms with Crippen LogP contribution in [0, 0.1) is 0 Å². The van der Waals surface area contributed by atoms with Crippen LogP contribution < -0.4 is 0 Å². The van der Waals surface area contributed by atoms with Crippen molar-refractivity contribution < 1.29 is 13.9 Å². The number of alkyl halides is 1. The van der Waals surface area contributed by atoms with E-state index in [0.717, 1.165) is 6.42 Å². The molecular formula is C6H11FO2. The van der Waals surface area contributed by atoms with Crippen molar-refractivity contribution in [2.45, 2.75) is 19.8 Å². The van der Waals surface area contributed by atoms with Gasteiger partial charge in [-0.2, -0.15) is 0 Å². The van der Waals surface area contributed by atoms with Gasteiger partial charge in [0.25, 0.3) is 0 Å². The summed E-state index contributed by atoms with van der Waals surface area (Å²) in [6, 6.07) is 0. The highest BCUT2D eigenvalue weighted by molar-refractivity contribution is 5.69. The first-order valence-electron chi connectivity index (χ1n) is 3.02. The van der Waals surface area contributed by atoms with Crippen LogP contribution in [0.3, 0.4) is 0 Å². The van der Waals surface area contributed by atoms with Crippen molar-refractivity contribution in [2.24, 2.45) is 0 Å². The summed E-state index contributed by atoms with van der Waals surface area (Å²) < 4.78 is 15.7. The summed E-state index contributed by atoms with van der Waals surface area (Å²) in [7, 11) is 0. The normalized spacial score (nSPS) is 9.11. The largest absolute Gasteiger partial charge is 0.463 e. The molecule has 0 heterocycles. The average Bonchev–Trinajstić information content (AvgIpc) is 1.85. The quantitative estimate of drug-likeness (QED) is 0.542. The Morgan fingerprint density at radius 2 is 2.33 bits per heavy atom. The molecule has 0 atom stereocenters. The second kappa shape index (κ2) is 5.54. The molecule has 54 valence electrons. The molecule has 0 saturated carbocycles. The van der Waals surface area contributed by atoms with Gasteiger partial charge in [0, 0.05) is 6.42 Å². The van der Waals surface area contributed by atoms with Gasteiger partial charge in [-0.1, -0.05) is 6.92 Å². The number of esters is 1. The molecule has 0 unspecified atom stereocenters. The first-order chi connectivity index (χ1) is 4.31. The molecule has 0 bridgehead atoms. The van der Waals surface area contributed by atoms with Gasteiger partial charge in [0.15, 0.2) is 0 Å². The lowest BCUT2D eigenvalue weighted by Gasteiger charge is -1.97. The molecule has 0 aromatic heterocycles. The molecule has 0 N–H and O–H groups in total. The third-order valence-corrected chi connectivity index (χ3v) is 0.794. The smallest absolute Gasteiger partial charge is 0.305 e. The van der Waals surface area contributed by atoms with Crippen molar-refractivity contribution in [1.82, 2.24) is 0 Å². The van der Waals surface area contributed by atoms with E-state index in [1.807, 2.05) is 6.92 Å². The fourth-order valence-corrected chi connectivity index (χ4v) is 0.429. The number of rotatable bonds is 4. The number of carbonyl (C=O) groups is 1. The second-order valence-electron chi connectivity index (χ2n) is 1.66. The predicted molar refractivity (Wildman–Crippen MR) is 31.8 cm³/mol. The van der Waals surface area contributed by atoms with Gasteiger partial charge >= 0.3 is 5.97 Å². The fraction of sp³-hybridized carbons (Fsp3) is 0.833. The van der Waals surface area contributed by atoms with E-state index in [4.69, 9.17) is 0 Å². The van der Waals surface area contributed by atoms with Gasteiger partial charge in [-0.3, -0.25) is 4.79 Å². The second-order valence-corrected chi connectivity index (χ2v) is 1.66. The standard InChI is InChI=1S/C6H11FO2/c1-2-3-6(8)9-5-4-7/h2-5H2,1H3. The van der Waals surface area contributed by atoms with Crippen LogP contribution in [-0.4, -0.2) is 19.3 Å². The van der Waals surface area contributed by atoms with Gasteiger partial charge < -0.3 is 4.74 Å². The van der Waals surface area contributed by atoms with Gasteiger partial charge in [-0.25, -0.2) is 4.39 Å². The Labute approximate surface area is 54.0 Å². The SMILES string of the molecule is CCCC(=O)OCCF. The molecule has 0 fully saturated rings. The molecule has 0 radical (unpaired) electrons. The molecule has 0 aliphatic heterocycles. The van der Waals surface area contributed by atoms with E-state index in [1.54, 1.807) is 0 Å². The van der Waals surface area contributed by atoms with E-state index in [9.17, 15) is 9.18 Å². The first kappa shape index (κ1) is 8.40. The van der Waals surface area contributed by atoms with E-state index in [0.29, 0.717) is 6.42 Å². The predicted octanol–water partition coefficient (Wildman–Crippen LogP) is 1.30. The Balaban J connectivity index is 3.06. The van der Waals surface area contributed by atoms with Gasteiger partial charge in [0.05, 0.1) is 0 Å². The minimum Gasteiger partial charge on any atom is -0.463 e. The van der Waals surface area contributed by atoms with E-state index >= 15 is 0 Å². The topological polar surface area (TPSA) is 26.3 Å². The number of halogens is 1. The van der Waals surface area contributed by atoms with Crippen LogP contribution in [0.1, 0.15) is 19.8 Å². The van der Waals surface area contributed by atoms with E-state index < -0.39 is 6.67 Å². The zero-order chi connectivity index (χ0) is 7.11. The van der Waals surface area contributed by atoms with Gasteiger partial charge in [-0.05, 0) is 6.42 Å². The van der Waals surface area contributed by atoms with Crippen molar-refractivity contribution in [3.63, 3.8) is 0 Å². The van der Waals surface area contributed by atoms with Crippen molar-refractivity contribution in [3.05, 3.63) is 0 Å². The van der Waals surface area contributed by atoms with E-state index in [1.165, 1.54) is 0 Å². The van der Waals surface area contributed by atoms with Crippen molar-refractivity contribution in [2.75, 3.05) is 13.3 Å². The van der Waals surface area contributed by atoms with E-state index in [-0.39, 0.29) is 12.6 Å². The average molecular weight is 134 g/mol. The fourth-order valence-electron chi connectivity index (χ4n) is 0.429. The van der Waals surface area contributed by atoms with Crippen molar-refractivity contribution in [3.8, 4) is 0 Å². The van der Waals surface area contributed by atoms with Crippen LogP contribution in [0.5, 0.6) is 0 Å². The van der Waals surface area contributed by atoms with Crippen LogP contribution in [0.25, 0.3) is 0 Å².